The molecule has 20 heavy (non-hydrogen) atoms. The van der Waals surface area contributed by atoms with Crippen LogP contribution in [0.1, 0.15) is 6.23 Å². The number of aliphatic hydroxyl groups excluding tert-OH is 2. The molecule has 107 valence electrons. The van der Waals surface area contributed by atoms with Gasteiger partial charge in [-0.15, -0.1) is 0 Å². The number of anilines is 1. The van der Waals surface area contributed by atoms with Gasteiger partial charge in [0.05, 0.1) is 12.4 Å². The Labute approximate surface area is 119 Å². The number of rotatable bonds is 3. The molecular weight excluding hydrogens is 282 g/mol. The molecule has 4 atom stereocenters. The van der Waals surface area contributed by atoms with Crippen molar-refractivity contribution in [2.24, 2.45) is 0 Å². The zero-order valence-electron chi connectivity index (χ0n) is 10.5. The maximum atomic E-state index is 10.1. The number of hydrogen-bond donors (Lipinski definition) is 3. The fourth-order valence-corrected chi connectivity index (χ4v) is 2.78. The predicted molar refractivity (Wildman–Crippen MR) is 73.5 cm³/mol. The molecule has 1 aliphatic heterocycles. The van der Waals surface area contributed by atoms with Crippen LogP contribution in [0, 0.1) is 6.26 Å². The van der Waals surface area contributed by atoms with Crippen molar-refractivity contribution in [1.82, 2.24) is 19.5 Å². The van der Waals surface area contributed by atoms with Crippen molar-refractivity contribution in [3.05, 3.63) is 18.9 Å². The molecule has 0 spiro atoms. The number of nitrogens with zero attached hydrogens (tertiary/aromatic N) is 4. The predicted octanol–water partition coefficient (Wildman–Crippen LogP) is -0.448. The summed E-state index contributed by atoms with van der Waals surface area (Å²) < 4.78 is 7.23. The number of imidazole rings is 1. The van der Waals surface area contributed by atoms with Crippen molar-refractivity contribution in [1.29, 1.82) is 0 Å². The Morgan fingerprint density at radius 3 is 2.90 bits per heavy atom. The number of aliphatic hydroxyl groups is 2. The van der Waals surface area contributed by atoms with Gasteiger partial charge in [-0.2, -0.15) is 11.8 Å². The smallest absolute Gasteiger partial charge is 0.167 e. The lowest BCUT2D eigenvalue weighted by Crippen LogP contribution is -2.32. The highest BCUT2D eigenvalue weighted by Gasteiger charge is 2.43. The average Bonchev–Trinajstić information content (AvgIpc) is 2.97. The number of ether oxygens (including phenoxy) is 1. The first-order valence-electron chi connectivity index (χ1n) is 5.95. The lowest BCUT2D eigenvalue weighted by atomic mass is 10.1. The van der Waals surface area contributed by atoms with Crippen LogP contribution >= 0.6 is 11.8 Å². The molecule has 9 heteroatoms. The van der Waals surface area contributed by atoms with Crippen molar-refractivity contribution in [2.45, 2.75) is 24.5 Å². The molecule has 4 N–H and O–H groups in total. The van der Waals surface area contributed by atoms with Gasteiger partial charge in [0, 0.05) is 12.0 Å². The van der Waals surface area contributed by atoms with Crippen LogP contribution in [0.25, 0.3) is 11.2 Å². The van der Waals surface area contributed by atoms with E-state index in [9.17, 15) is 10.2 Å². The number of nitrogens with two attached hydrogens (primary N) is 1. The monoisotopic (exact) mass is 296 g/mol. The molecule has 0 aromatic carbocycles. The molecule has 0 amide bonds. The van der Waals surface area contributed by atoms with Crippen LogP contribution < -0.4 is 5.73 Å². The van der Waals surface area contributed by atoms with E-state index in [1.165, 1.54) is 24.4 Å². The Morgan fingerprint density at radius 1 is 1.35 bits per heavy atom. The van der Waals surface area contributed by atoms with Crippen LogP contribution in [0.5, 0.6) is 0 Å². The van der Waals surface area contributed by atoms with Gasteiger partial charge in [0.1, 0.15) is 24.1 Å². The quantitative estimate of drug-likeness (QED) is 0.697. The maximum Gasteiger partial charge on any atom is 0.167 e. The van der Waals surface area contributed by atoms with Crippen molar-refractivity contribution in [3.8, 4) is 0 Å². The third kappa shape index (κ3) is 2.03. The Hall–Kier alpha value is -1.42. The molecule has 0 bridgehead atoms. The largest absolute Gasteiger partial charge is 0.387 e. The van der Waals surface area contributed by atoms with E-state index in [4.69, 9.17) is 10.5 Å². The van der Waals surface area contributed by atoms with Gasteiger partial charge in [-0.05, 0) is 0 Å². The zero-order chi connectivity index (χ0) is 14.3. The standard InChI is InChI=1S/C11H14N5O3S/c1-20-2-5-7(17)8(18)11(19-5)16-4-15-6-9(12)13-3-14-10(6)16/h3-5,7-8,11,17-18H,1-2H2,(H2,12,13,14)/t5-,7-,8-,11-/m1/s1. The molecular formula is C11H14N5O3S. The third-order valence-electron chi connectivity index (χ3n) is 3.28. The molecule has 1 saturated heterocycles. The molecule has 1 aliphatic rings. The second-order valence-corrected chi connectivity index (χ2v) is 5.24. The molecule has 0 saturated carbocycles. The van der Waals surface area contributed by atoms with E-state index >= 15 is 0 Å². The Morgan fingerprint density at radius 2 is 2.15 bits per heavy atom. The molecule has 3 rings (SSSR count). The minimum Gasteiger partial charge on any atom is -0.387 e. The van der Waals surface area contributed by atoms with Gasteiger partial charge in [-0.3, -0.25) is 4.57 Å². The summed E-state index contributed by atoms with van der Waals surface area (Å²) in [7, 11) is 0. The summed E-state index contributed by atoms with van der Waals surface area (Å²) >= 11 is 1.29. The van der Waals surface area contributed by atoms with Crippen LogP contribution in [0.3, 0.4) is 0 Å². The summed E-state index contributed by atoms with van der Waals surface area (Å²) in [4.78, 5) is 12.1. The highest BCUT2D eigenvalue weighted by atomic mass is 32.2. The van der Waals surface area contributed by atoms with Gasteiger partial charge in [-0.25, -0.2) is 15.0 Å². The zero-order valence-corrected chi connectivity index (χ0v) is 11.3. The number of aromatic nitrogens is 4. The Bertz CT molecular complexity index is 621. The molecule has 0 aliphatic carbocycles. The first-order valence-corrected chi connectivity index (χ1v) is 7.10. The van der Waals surface area contributed by atoms with E-state index < -0.39 is 24.5 Å². The number of thioether (sulfide) groups is 1. The van der Waals surface area contributed by atoms with E-state index in [0.717, 1.165) is 0 Å². The van der Waals surface area contributed by atoms with E-state index in [-0.39, 0.29) is 5.82 Å². The third-order valence-corrected chi connectivity index (χ3v) is 3.84. The second-order valence-electron chi connectivity index (χ2n) is 4.50. The minimum atomic E-state index is -1.07. The van der Waals surface area contributed by atoms with Crippen LogP contribution in [0.2, 0.25) is 0 Å². The lowest BCUT2D eigenvalue weighted by Gasteiger charge is -2.16. The van der Waals surface area contributed by atoms with Gasteiger partial charge in [0.15, 0.2) is 17.7 Å². The van der Waals surface area contributed by atoms with Gasteiger partial charge in [0.2, 0.25) is 0 Å². The molecule has 2 aromatic heterocycles. The summed E-state index contributed by atoms with van der Waals surface area (Å²) in [5.74, 6) is 0.741. The van der Waals surface area contributed by atoms with Crippen LogP contribution in [-0.2, 0) is 4.74 Å². The SMILES string of the molecule is [CH2]SC[C@H]1O[C@@H](n2cnc3c(N)ncnc32)[C@H](O)[C@@H]1O. The first-order chi connectivity index (χ1) is 9.63. The van der Waals surface area contributed by atoms with Gasteiger partial charge in [-0.1, -0.05) is 0 Å². The van der Waals surface area contributed by atoms with Gasteiger partial charge in [0.25, 0.3) is 0 Å². The fourth-order valence-electron chi connectivity index (χ4n) is 2.27. The molecule has 2 aromatic rings. The Kier molecular flexibility index (Phi) is 3.50. The van der Waals surface area contributed by atoms with Gasteiger partial charge < -0.3 is 20.7 Å². The van der Waals surface area contributed by atoms with Gasteiger partial charge >= 0.3 is 0 Å². The number of nitrogen functional groups attached to an aromatic ring is 1. The highest BCUT2D eigenvalue weighted by Crippen LogP contribution is 2.32. The van der Waals surface area contributed by atoms with Crippen molar-refractivity contribution in [3.63, 3.8) is 0 Å². The van der Waals surface area contributed by atoms with Crippen molar-refractivity contribution >= 4 is 28.7 Å². The van der Waals surface area contributed by atoms with Crippen LogP contribution in [0.4, 0.5) is 5.82 Å². The fraction of sp³-hybridized carbons (Fsp3) is 0.455. The lowest BCUT2D eigenvalue weighted by molar-refractivity contribution is -0.0288. The topological polar surface area (TPSA) is 119 Å². The molecule has 0 unspecified atom stereocenters. The summed E-state index contributed by atoms with van der Waals surface area (Å²) in [6.07, 6.45) is 3.13. The summed E-state index contributed by atoms with van der Waals surface area (Å²) in [6.45, 7) is 0. The number of hydrogen-bond acceptors (Lipinski definition) is 8. The van der Waals surface area contributed by atoms with Crippen LogP contribution in [-0.4, -0.2) is 53.8 Å². The summed E-state index contributed by atoms with van der Waals surface area (Å²) in [5.41, 5.74) is 6.61. The molecule has 1 radical (unpaired) electrons. The van der Waals surface area contributed by atoms with E-state index in [1.807, 2.05) is 0 Å². The molecule has 1 fully saturated rings. The summed E-state index contributed by atoms with van der Waals surface area (Å²) in [5, 5.41) is 20.1. The van der Waals surface area contributed by atoms with Crippen molar-refractivity contribution < 1.29 is 14.9 Å². The normalized spacial score (nSPS) is 30.1. The number of fused-ring (bicyclic) bond motifs is 1. The molecule has 3 heterocycles. The van der Waals surface area contributed by atoms with E-state index in [2.05, 4.69) is 21.2 Å². The minimum absolute atomic E-state index is 0.256. The van der Waals surface area contributed by atoms with E-state index in [1.54, 1.807) is 4.57 Å². The molecule has 8 nitrogen and oxygen atoms in total. The highest BCUT2D eigenvalue weighted by molar-refractivity contribution is 8.00. The van der Waals surface area contributed by atoms with E-state index in [0.29, 0.717) is 16.9 Å². The average molecular weight is 296 g/mol. The van der Waals surface area contributed by atoms with Crippen molar-refractivity contribution in [2.75, 3.05) is 11.5 Å². The first kappa shape index (κ1) is 13.6. The second kappa shape index (κ2) is 5.17. The maximum absolute atomic E-state index is 10.1. The van der Waals surface area contributed by atoms with Crippen LogP contribution in [0.15, 0.2) is 12.7 Å². The Balaban J connectivity index is 1.97. The summed E-state index contributed by atoms with van der Waals surface area (Å²) in [6, 6.07) is 0.